The molecule has 1 saturated heterocycles. The number of nitrogens with one attached hydrogen (secondary N) is 1. The van der Waals surface area contributed by atoms with Crippen molar-refractivity contribution in [3.63, 3.8) is 0 Å². The van der Waals surface area contributed by atoms with Crippen molar-refractivity contribution >= 4 is 5.91 Å². The van der Waals surface area contributed by atoms with E-state index in [4.69, 9.17) is 24.7 Å². The number of hydrogen-bond donors (Lipinski definition) is 3. The van der Waals surface area contributed by atoms with E-state index in [0.717, 1.165) is 49.4 Å². The molecule has 218 valence electrons. The fourth-order valence-corrected chi connectivity index (χ4v) is 5.01. The number of ether oxygens (including phenoxy) is 4. The van der Waals surface area contributed by atoms with Crippen LogP contribution in [0.2, 0.25) is 0 Å². The first kappa shape index (κ1) is 32.3. The van der Waals surface area contributed by atoms with Gasteiger partial charge in [-0.05, 0) is 67.6 Å². The molecule has 0 bridgehead atoms. The number of carbonyl (C=O) groups excluding carboxylic acids is 1. The van der Waals surface area contributed by atoms with Gasteiger partial charge in [-0.25, -0.2) is 0 Å². The summed E-state index contributed by atoms with van der Waals surface area (Å²) in [6.45, 7) is 10.9. The number of benzene rings is 1. The van der Waals surface area contributed by atoms with Crippen LogP contribution in [0.25, 0.3) is 0 Å². The first-order valence-electron chi connectivity index (χ1n) is 14.3. The van der Waals surface area contributed by atoms with Gasteiger partial charge in [0.05, 0.1) is 25.9 Å². The Balaban J connectivity index is 1.98. The number of methoxy groups -OCH3 is 2. The van der Waals surface area contributed by atoms with E-state index in [1.807, 2.05) is 26.0 Å². The summed E-state index contributed by atoms with van der Waals surface area (Å²) in [5.74, 6) is 1.91. The first-order valence-corrected chi connectivity index (χ1v) is 14.3. The molecule has 1 heterocycles. The lowest BCUT2D eigenvalue weighted by molar-refractivity contribution is -0.128. The summed E-state index contributed by atoms with van der Waals surface area (Å²) in [6, 6.07) is 5.56. The van der Waals surface area contributed by atoms with Crippen LogP contribution >= 0.6 is 0 Å². The third-order valence-electron chi connectivity index (χ3n) is 7.61. The van der Waals surface area contributed by atoms with Gasteiger partial charge in [0, 0.05) is 51.3 Å². The molecule has 0 aliphatic carbocycles. The standard InChI is InChI=1S/C30H52N2O6/c1-20(2)23(13-22-14-25(36-6)17-26(15-22)38-12-8-10-35-5)16-28(31)29(33)18-27(21(3)4)30(34)32-19-24-9-7-11-37-24/h14-15,17,20-21,23-24,27-29,33H,7-13,16,18-19,31H2,1-6H3,(H,32,34)/t23-,24-,27-,28-,29-/m0/s1. The van der Waals surface area contributed by atoms with Crippen molar-refractivity contribution in [3.8, 4) is 11.5 Å². The monoisotopic (exact) mass is 536 g/mol. The molecule has 5 atom stereocenters. The molecule has 1 aliphatic rings. The SMILES string of the molecule is COCCCOc1cc(C[C@@H](C[C@H](N)[C@@H](O)C[C@H](C(=O)NC[C@@H]2CCCO2)C(C)C)C(C)C)cc(OC)c1. The van der Waals surface area contributed by atoms with Crippen LogP contribution in [0.4, 0.5) is 0 Å². The Labute approximate surface area is 229 Å². The van der Waals surface area contributed by atoms with Crippen molar-refractivity contribution in [2.45, 2.75) is 84.5 Å². The molecule has 0 aromatic heterocycles. The number of hydrogen-bond acceptors (Lipinski definition) is 7. The summed E-state index contributed by atoms with van der Waals surface area (Å²) in [5.41, 5.74) is 7.66. The molecule has 0 saturated carbocycles. The van der Waals surface area contributed by atoms with Gasteiger partial charge < -0.3 is 35.1 Å². The van der Waals surface area contributed by atoms with E-state index in [1.54, 1.807) is 14.2 Å². The summed E-state index contributed by atoms with van der Waals surface area (Å²) in [7, 11) is 3.34. The van der Waals surface area contributed by atoms with Crippen LogP contribution in [0.1, 0.15) is 65.4 Å². The highest BCUT2D eigenvalue weighted by Gasteiger charge is 2.30. The maximum absolute atomic E-state index is 12.9. The van der Waals surface area contributed by atoms with Gasteiger partial charge in [-0.1, -0.05) is 27.7 Å². The average molecular weight is 537 g/mol. The van der Waals surface area contributed by atoms with E-state index in [1.165, 1.54) is 0 Å². The van der Waals surface area contributed by atoms with Gasteiger partial charge in [-0.15, -0.1) is 0 Å². The average Bonchev–Trinajstić information content (AvgIpc) is 3.41. The molecule has 1 fully saturated rings. The Morgan fingerprint density at radius 2 is 1.84 bits per heavy atom. The largest absolute Gasteiger partial charge is 0.497 e. The normalized spacial score (nSPS) is 18.8. The number of amides is 1. The summed E-state index contributed by atoms with van der Waals surface area (Å²) in [6.07, 6.45) is 3.96. The molecular weight excluding hydrogens is 484 g/mol. The minimum absolute atomic E-state index is 0.0310. The van der Waals surface area contributed by atoms with Gasteiger partial charge >= 0.3 is 0 Å². The van der Waals surface area contributed by atoms with Gasteiger partial charge in [0.2, 0.25) is 5.91 Å². The fraction of sp³-hybridized carbons (Fsp3) is 0.767. The zero-order chi connectivity index (χ0) is 28.1. The Morgan fingerprint density at radius 1 is 1.11 bits per heavy atom. The summed E-state index contributed by atoms with van der Waals surface area (Å²) < 4.78 is 22.2. The molecule has 1 aromatic carbocycles. The zero-order valence-electron chi connectivity index (χ0n) is 24.4. The van der Waals surface area contributed by atoms with Crippen LogP contribution in [0.5, 0.6) is 11.5 Å². The Hall–Kier alpha value is -1.87. The smallest absolute Gasteiger partial charge is 0.223 e. The molecule has 1 aromatic rings. The van der Waals surface area contributed by atoms with Gasteiger partial charge in [0.25, 0.3) is 0 Å². The second kappa shape index (κ2) is 17.0. The van der Waals surface area contributed by atoms with Crippen molar-refractivity contribution in [1.82, 2.24) is 5.32 Å². The fourth-order valence-electron chi connectivity index (χ4n) is 5.01. The summed E-state index contributed by atoms with van der Waals surface area (Å²) in [4.78, 5) is 12.9. The van der Waals surface area contributed by atoms with E-state index < -0.39 is 12.1 Å². The molecule has 38 heavy (non-hydrogen) atoms. The van der Waals surface area contributed by atoms with E-state index in [-0.39, 0.29) is 29.8 Å². The highest BCUT2D eigenvalue weighted by atomic mass is 16.5. The van der Waals surface area contributed by atoms with Crippen LogP contribution < -0.4 is 20.5 Å². The van der Waals surface area contributed by atoms with E-state index in [0.29, 0.717) is 38.5 Å². The third-order valence-corrected chi connectivity index (χ3v) is 7.61. The minimum atomic E-state index is -0.762. The molecule has 2 rings (SSSR count). The van der Waals surface area contributed by atoms with Crippen LogP contribution in [0.15, 0.2) is 18.2 Å². The highest BCUT2D eigenvalue weighted by Crippen LogP contribution is 2.29. The van der Waals surface area contributed by atoms with Crippen molar-refractivity contribution in [3.05, 3.63) is 23.8 Å². The molecule has 0 spiro atoms. The Morgan fingerprint density at radius 3 is 2.45 bits per heavy atom. The lowest BCUT2D eigenvalue weighted by Gasteiger charge is -2.30. The van der Waals surface area contributed by atoms with Gasteiger partial charge in [0.15, 0.2) is 0 Å². The highest BCUT2D eigenvalue weighted by molar-refractivity contribution is 5.78. The molecule has 8 heteroatoms. The minimum Gasteiger partial charge on any atom is -0.497 e. The van der Waals surface area contributed by atoms with Crippen molar-refractivity contribution in [1.29, 1.82) is 0 Å². The van der Waals surface area contributed by atoms with Crippen molar-refractivity contribution in [2.75, 3.05) is 40.6 Å². The zero-order valence-corrected chi connectivity index (χ0v) is 24.4. The molecule has 0 unspecified atom stereocenters. The number of carbonyl (C=O) groups is 1. The molecule has 0 radical (unpaired) electrons. The van der Waals surface area contributed by atoms with E-state index in [2.05, 4.69) is 25.2 Å². The van der Waals surface area contributed by atoms with Gasteiger partial charge in [-0.3, -0.25) is 4.79 Å². The number of aliphatic hydroxyl groups excluding tert-OH is 1. The molecular formula is C30H52N2O6. The van der Waals surface area contributed by atoms with Gasteiger partial charge in [0.1, 0.15) is 11.5 Å². The van der Waals surface area contributed by atoms with Gasteiger partial charge in [-0.2, -0.15) is 0 Å². The number of rotatable bonds is 18. The number of nitrogens with two attached hydrogens (primary N) is 1. The molecule has 4 N–H and O–H groups in total. The van der Waals surface area contributed by atoms with Crippen molar-refractivity contribution in [2.24, 2.45) is 29.4 Å². The van der Waals surface area contributed by atoms with E-state index >= 15 is 0 Å². The molecule has 1 amide bonds. The lowest BCUT2D eigenvalue weighted by atomic mass is 9.80. The summed E-state index contributed by atoms with van der Waals surface area (Å²) >= 11 is 0. The van der Waals surface area contributed by atoms with Crippen LogP contribution in [-0.2, 0) is 20.7 Å². The quantitative estimate of drug-likeness (QED) is 0.244. The second-order valence-corrected chi connectivity index (χ2v) is 11.4. The second-order valence-electron chi connectivity index (χ2n) is 11.4. The Bertz CT molecular complexity index is 812. The molecule has 8 nitrogen and oxygen atoms in total. The van der Waals surface area contributed by atoms with Crippen LogP contribution in [0, 0.1) is 23.7 Å². The Kier molecular flexibility index (Phi) is 14.4. The summed E-state index contributed by atoms with van der Waals surface area (Å²) in [5, 5.41) is 14.1. The lowest BCUT2D eigenvalue weighted by Crippen LogP contribution is -2.43. The first-order chi connectivity index (χ1) is 18.1. The predicted octanol–water partition coefficient (Wildman–Crippen LogP) is 3.96. The van der Waals surface area contributed by atoms with Crippen LogP contribution in [-0.4, -0.2) is 69.8 Å². The molecule has 1 aliphatic heterocycles. The predicted molar refractivity (Wildman–Crippen MR) is 151 cm³/mol. The number of aliphatic hydroxyl groups is 1. The topological polar surface area (TPSA) is 112 Å². The van der Waals surface area contributed by atoms with E-state index in [9.17, 15) is 9.90 Å². The third kappa shape index (κ3) is 11.1. The van der Waals surface area contributed by atoms with Crippen molar-refractivity contribution < 1.29 is 28.8 Å². The maximum atomic E-state index is 12.9. The van der Waals surface area contributed by atoms with Crippen LogP contribution in [0.3, 0.4) is 0 Å². The maximum Gasteiger partial charge on any atom is 0.223 e.